The highest BCUT2D eigenvalue weighted by molar-refractivity contribution is 5.98. The first-order valence-electron chi connectivity index (χ1n) is 15.0. The summed E-state index contributed by atoms with van der Waals surface area (Å²) in [7, 11) is 1.92. The molecule has 2 amide bonds. The van der Waals surface area contributed by atoms with E-state index < -0.39 is 18.2 Å². The van der Waals surface area contributed by atoms with Crippen molar-refractivity contribution in [1.82, 2.24) is 25.1 Å². The molecule has 0 aliphatic carbocycles. The summed E-state index contributed by atoms with van der Waals surface area (Å²) in [5.74, 6) is 0.877. The van der Waals surface area contributed by atoms with Crippen molar-refractivity contribution in [2.24, 2.45) is 7.05 Å². The van der Waals surface area contributed by atoms with E-state index in [1.54, 1.807) is 12.3 Å². The Balaban J connectivity index is 1.29. The van der Waals surface area contributed by atoms with Crippen molar-refractivity contribution in [2.75, 3.05) is 19.7 Å². The van der Waals surface area contributed by atoms with E-state index in [1.807, 2.05) is 59.1 Å². The van der Waals surface area contributed by atoms with Gasteiger partial charge in [-0.25, -0.2) is 4.98 Å². The SMILES string of the molecule is Cn1ccnc1CN1C[C@@H]2C[C@H]1C(=O)NC[C@H]1O[C@H](CCOc3cc(-c4ccc(CO)cc4)ccc3C(=O)N2)CC[C@@H]1O. The molecule has 228 valence electrons. The molecule has 1 aromatic heterocycles. The first-order chi connectivity index (χ1) is 20.9. The van der Waals surface area contributed by atoms with Gasteiger partial charge in [-0.2, -0.15) is 0 Å². The molecule has 43 heavy (non-hydrogen) atoms. The van der Waals surface area contributed by atoms with Gasteiger partial charge in [-0.1, -0.05) is 30.3 Å². The lowest BCUT2D eigenvalue weighted by molar-refractivity contribution is -0.133. The summed E-state index contributed by atoms with van der Waals surface area (Å²) in [6.45, 7) is 1.44. The number of hydrogen-bond donors (Lipinski definition) is 4. The number of fused-ring (bicyclic) bond motifs is 5. The molecule has 3 aliphatic heterocycles. The topological polar surface area (TPSA) is 138 Å². The van der Waals surface area contributed by atoms with E-state index in [0.29, 0.717) is 56.7 Å². The monoisotopic (exact) mass is 589 g/mol. The number of nitrogens with one attached hydrogen (secondary N) is 2. The number of likely N-dealkylation sites (tertiary alicyclic amines) is 1. The molecule has 11 heteroatoms. The van der Waals surface area contributed by atoms with E-state index in [1.165, 1.54) is 0 Å². The van der Waals surface area contributed by atoms with Gasteiger partial charge in [-0.15, -0.1) is 0 Å². The molecule has 0 unspecified atom stereocenters. The number of carbonyl (C=O) groups excluding carboxylic acids is 2. The van der Waals surface area contributed by atoms with Crippen molar-refractivity contribution in [2.45, 2.75) is 69.2 Å². The van der Waals surface area contributed by atoms with Gasteiger partial charge in [0.25, 0.3) is 5.91 Å². The van der Waals surface area contributed by atoms with Crippen LogP contribution >= 0.6 is 0 Å². The van der Waals surface area contributed by atoms with Crippen molar-refractivity contribution in [3.05, 3.63) is 71.8 Å². The Morgan fingerprint density at radius 2 is 1.88 bits per heavy atom. The molecule has 2 aromatic carbocycles. The Kier molecular flexibility index (Phi) is 8.75. The minimum atomic E-state index is -0.656. The molecular weight excluding hydrogens is 550 g/mol. The van der Waals surface area contributed by atoms with Crippen LogP contribution in [-0.4, -0.2) is 86.6 Å². The molecule has 0 spiro atoms. The van der Waals surface area contributed by atoms with E-state index >= 15 is 0 Å². The molecule has 5 atom stereocenters. The number of rotatable bonds is 4. The predicted molar refractivity (Wildman–Crippen MR) is 158 cm³/mol. The van der Waals surface area contributed by atoms with Crippen LogP contribution in [0.3, 0.4) is 0 Å². The third-order valence-electron chi connectivity index (χ3n) is 8.76. The largest absolute Gasteiger partial charge is 0.493 e. The fourth-order valence-corrected chi connectivity index (χ4v) is 6.23. The number of ether oxygens (including phenoxy) is 2. The number of aromatic nitrogens is 2. The van der Waals surface area contributed by atoms with Crippen LogP contribution in [0.15, 0.2) is 54.9 Å². The smallest absolute Gasteiger partial charge is 0.255 e. The lowest BCUT2D eigenvalue weighted by atomic mass is 9.99. The van der Waals surface area contributed by atoms with Gasteiger partial charge >= 0.3 is 0 Å². The summed E-state index contributed by atoms with van der Waals surface area (Å²) in [6, 6.07) is 12.4. The Morgan fingerprint density at radius 1 is 1.07 bits per heavy atom. The summed E-state index contributed by atoms with van der Waals surface area (Å²) in [6.07, 6.45) is 4.57. The maximum atomic E-state index is 13.7. The van der Waals surface area contributed by atoms with E-state index in [0.717, 1.165) is 22.5 Å². The molecule has 11 nitrogen and oxygen atoms in total. The van der Waals surface area contributed by atoms with Crippen LogP contribution < -0.4 is 15.4 Å². The molecule has 4 N–H and O–H groups in total. The molecule has 2 fully saturated rings. The second kappa shape index (κ2) is 12.8. The van der Waals surface area contributed by atoms with Crippen LogP contribution in [0, 0.1) is 0 Å². The zero-order chi connectivity index (χ0) is 29.9. The summed E-state index contributed by atoms with van der Waals surface area (Å²) in [5.41, 5.74) is 3.07. The van der Waals surface area contributed by atoms with Gasteiger partial charge in [0.2, 0.25) is 5.91 Å². The number of amides is 2. The molecule has 3 aliphatic rings. The van der Waals surface area contributed by atoms with Gasteiger partial charge < -0.3 is 34.9 Å². The average molecular weight is 590 g/mol. The molecule has 0 radical (unpaired) electrons. The number of aryl methyl sites for hydroxylation is 1. The van der Waals surface area contributed by atoms with Crippen molar-refractivity contribution in [1.29, 1.82) is 0 Å². The van der Waals surface area contributed by atoms with Crippen molar-refractivity contribution >= 4 is 11.8 Å². The van der Waals surface area contributed by atoms with Crippen LogP contribution in [0.1, 0.15) is 47.4 Å². The Labute approximate surface area is 250 Å². The van der Waals surface area contributed by atoms with Gasteiger partial charge in [0, 0.05) is 45.0 Å². The number of imidazole rings is 1. The highest BCUT2D eigenvalue weighted by atomic mass is 16.5. The third kappa shape index (κ3) is 6.59. The van der Waals surface area contributed by atoms with Crippen LogP contribution in [0.5, 0.6) is 5.75 Å². The Bertz CT molecular complexity index is 1440. The van der Waals surface area contributed by atoms with Gasteiger partial charge in [0.15, 0.2) is 0 Å². The molecule has 3 aromatic rings. The zero-order valence-corrected chi connectivity index (χ0v) is 24.3. The van der Waals surface area contributed by atoms with E-state index in [-0.39, 0.29) is 37.1 Å². The summed E-state index contributed by atoms with van der Waals surface area (Å²) in [5, 5.41) is 26.2. The maximum Gasteiger partial charge on any atom is 0.255 e. The second-order valence-electron chi connectivity index (χ2n) is 11.7. The first-order valence-corrected chi connectivity index (χ1v) is 15.0. The third-order valence-corrected chi connectivity index (χ3v) is 8.76. The molecule has 4 bridgehead atoms. The normalized spacial score (nSPS) is 26.7. The number of hydrogen-bond acceptors (Lipinski definition) is 8. The van der Waals surface area contributed by atoms with Crippen molar-refractivity contribution in [3.63, 3.8) is 0 Å². The van der Waals surface area contributed by atoms with Crippen LogP contribution in [0.4, 0.5) is 0 Å². The Morgan fingerprint density at radius 3 is 2.65 bits per heavy atom. The van der Waals surface area contributed by atoms with Gasteiger partial charge in [0.1, 0.15) is 17.7 Å². The number of nitrogens with zero attached hydrogens (tertiary/aromatic N) is 3. The minimum Gasteiger partial charge on any atom is -0.493 e. The van der Waals surface area contributed by atoms with E-state index in [9.17, 15) is 19.8 Å². The molecule has 6 rings (SSSR count). The zero-order valence-electron chi connectivity index (χ0n) is 24.3. The van der Waals surface area contributed by atoms with Crippen LogP contribution in [0.2, 0.25) is 0 Å². The molecular formula is C32H39N5O6. The van der Waals surface area contributed by atoms with Gasteiger partial charge in [0.05, 0.1) is 43.6 Å². The van der Waals surface area contributed by atoms with E-state index in [2.05, 4.69) is 15.6 Å². The van der Waals surface area contributed by atoms with Crippen LogP contribution in [0.25, 0.3) is 11.1 Å². The van der Waals surface area contributed by atoms with Gasteiger partial charge in [-0.3, -0.25) is 14.5 Å². The van der Waals surface area contributed by atoms with Crippen molar-refractivity contribution in [3.8, 4) is 16.9 Å². The minimum absolute atomic E-state index is 0.0301. The summed E-state index contributed by atoms with van der Waals surface area (Å²) >= 11 is 0. The molecule has 4 heterocycles. The number of carbonyl (C=O) groups is 2. The quantitative estimate of drug-likeness (QED) is 0.361. The highest BCUT2D eigenvalue weighted by Crippen LogP contribution is 2.30. The van der Waals surface area contributed by atoms with Crippen molar-refractivity contribution < 1.29 is 29.3 Å². The average Bonchev–Trinajstić information content (AvgIpc) is 3.61. The maximum absolute atomic E-state index is 13.7. The molecule has 0 saturated carbocycles. The highest BCUT2D eigenvalue weighted by Gasteiger charge is 2.39. The lowest BCUT2D eigenvalue weighted by Crippen LogP contribution is -2.50. The standard InChI is InChI=1S/C32H39N5O6/c1-36-12-11-33-30(36)18-37-17-23-15-26(37)32(41)34-16-29-27(39)9-7-24(43-29)10-13-42-28-14-22(6-8-25(28)31(40)35-23)21-4-2-20(19-38)3-5-21/h2-6,8,11-12,14,23-24,26-27,29,38-39H,7,9-10,13,15-19H2,1H3,(H,34,41)(H,35,40)/t23-,24-,26-,27-,29+/m0/s1. The number of aliphatic hydroxyl groups excluding tert-OH is 2. The molecule has 2 saturated heterocycles. The fraction of sp³-hybridized carbons (Fsp3) is 0.469. The lowest BCUT2D eigenvalue weighted by Gasteiger charge is -2.34. The summed E-state index contributed by atoms with van der Waals surface area (Å²) in [4.78, 5) is 33.6. The van der Waals surface area contributed by atoms with Gasteiger partial charge in [-0.05, 0) is 48.1 Å². The summed E-state index contributed by atoms with van der Waals surface area (Å²) < 4.78 is 14.4. The second-order valence-corrected chi connectivity index (χ2v) is 11.7. The van der Waals surface area contributed by atoms with Crippen LogP contribution in [-0.2, 0) is 29.7 Å². The fourth-order valence-electron chi connectivity index (χ4n) is 6.23. The number of aliphatic hydroxyl groups is 2. The van der Waals surface area contributed by atoms with E-state index in [4.69, 9.17) is 9.47 Å². The number of benzene rings is 2. The Hall–Kier alpha value is -3.77. The first kappa shape index (κ1) is 29.3. The predicted octanol–water partition coefficient (Wildman–Crippen LogP) is 1.76.